The van der Waals surface area contributed by atoms with E-state index in [1.165, 1.54) is 17.2 Å². The van der Waals surface area contributed by atoms with Crippen LogP contribution in [0.25, 0.3) is 0 Å². The molecule has 1 rings (SSSR count). The quantitative estimate of drug-likeness (QED) is 0.788. The summed E-state index contributed by atoms with van der Waals surface area (Å²) in [6, 6.07) is 3.08. The van der Waals surface area contributed by atoms with Crippen LogP contribution < -0.4 is 5.73 Å². The Morgan fingerprint density at radius 3 is 2.62 bits per heavy atom. The van der Waals surface area contributed by atoms with E-state index in [1.54, 1.807) is 13.0 Å². The average molecular weight is 242 g/mol. The first-order valence-corrected chi connectivity index (χ1v) is 5.11. The van der Waals surface area contributed by atoms with Gasteiger partial charge in [-0.3, -0.25) is 9.59 Å². The molecule has 0 atom stereocenters. The molecule has 0 unspecified atom stereocenters. The number of nitrogens with two attached hydrogens (primary N) is 1. The van der Waals surface area contributed by atoms with Crippen LogP contribution in [0.15, 0.2) is 18.3 Å². The van der Waals surface area contributed by atoms with E-state index < -0.39 is 5.91 Å². The fraction of sp³-hybridized carbons (Fsp3) is 0.300. The number of carbonyl (C=O) groups excluding carboxylic acids is 2. The SMILES string of the molecule is CCN(CC(N)=O)C(=O)c1ccc(Cl)nc1. The van der Waals surface area contributed by atoms with Crippen molar-refractivity contribution in [2.45, 2.75) is 6.92 Å². The summed E-state index contributed by atoms with van der Waals surface area (Å²) in [5.41, 5.74) is 5.42. The Labute approximate surface area is 98.2 Å². The van der Waals surface area contributed by atoms with Crippen LogP contribution >= 0.6 is 11.6 Å². The molecule has 0 fully saturated rings. The summed E-state index contributed by atoms with van der Waals surface area (Å²) >= 11 is 5.60. The largest absolute Gasteiger partial charge is 0.368 e. The number of aromatic nitrogens is 1. The lowest BCUT2D eigenvalue weighted by molar-refractivity contribution is -0.118. The first-order chi connectivity index (χ1) is 7.54. The van der Waals surface area contributed by atoms with E-state index in [4.69, 9.17) is 17.3 Å². The van der Waals surface area contributed by atoms with Crippen molar-refractivity contribution in [1.29, 1.82) is 0 Å². The van der Waals surface area contributed by atoms with Crippen molar-refractivity contribution in [3.63, 3.8) is 0 Å². The van der Waals surface area contributed by atoms with Crippen LogP contribution in [0.4, 0.5) is 0 Å². The lowest BCUT2D eigenvalue weighted by Crippen LogP contribution is -2.38. The molecule has 0 aliphatic carbocycles. The fourth-order valence-corrected chi connectivity index (χ4v) is 1.31. The standard InChI is InChI=1S/C10H12ClN3O2/c1-2-14(6-9(12)15)10(16)7-3-4-8(11)13-5-7/h3-5H,2,6H2,1H3,(H2,12,15). The summed E-state index contributed by atoms with van der Waals surface area (Å²) in [6.07, 6.45) is 1.37. The number of rotatable bonds is 4. The number of hydrogen-bond acceptors (Lipinski definition) is 3. The third kappa shape index (κ3) is 3.20. The maximum atomic E-state index is 11.9. The molecule has 0 aliphatic rings. The fourth-order valence-electron chi connectivity index (χ4n) is 1.20. The van der Waals surface area contributed by atoms with Crippen LogP contribution in [0.1, 0.15) is 17.3 Å². The van der Waals surface area contributed by atoms with Crippen molar-refractivity contribution < 1.29 is 9.59 Å². The topological polar surface area (TPSA) is 76.3 Å². The number of hydrogen-bond donors (Lipinski definition) is 1. The molecular formula is C10H12ClN3O2. The second-order valence-corrected chi connectivity index (χ2v) is 3.54. The van der Waals surface area contributed by atoms with Crippen LogP contribution in [0.5, 0.6) is 0 Å². The predicted molar refractivity (Wildman–Crippen MR) is 60.0 cm³/mol. The predicted octanol–water partition coefficient (Wildman–Crippen LogP) is 0.682. The molecule has 5 nitrogen and oxygen atoms in total. The van der Waals surface area contributed by atoms with E-state index in [0.29, 0.717) is 17.3 Å². The molecule has 0 aliphatic heterocycles. The summed E-state index contributed by atoms with van der Waals surface area (Å²) in [6.45, 7) is 2.08. The Balaban J connectivity index is 2.82. The van der Waals surface area contributed by atoms with E-state index in [9.17, 15) is 9.59 Å². The van der Waals surface area contributed by atoms with Gasteiger partial charge in [0.1, 0.15) is 5.15 Å². The molecule has 0 bridgehead atoms. The molecule has 1 aromatic rings. The lowest BCUT2D eigenvalue weighted by atomic mass is 10.2. The molecule has 6 heteroatoms. The molecule has 0 spiro atoms. The first-order valence-electron chi connectivity index (χ1n) is 4.73. The number of amides is 2. The molecule has 2 N–H and O–H groups in total. The van der Waals surface area contributed by atoms with Gasteiger partial charge < -0.3 is 10.6 Å². The highest BCUT2D eigenvalue weighted by molar-refractivity contribution is 6.29. The van der Waals surface area contributed by atoms with Gasteiger partial charge in [-0.2, -0.15) is 0 Å². The zero-order valence-corrected chi connectivity index (χ0v) is 9.57. The van der Waals surface area contributed by atoms with Crippen molar-refractivity contribution in [1.82, 2.24) is 9.88 Å². The maximum Gasteiger partial charge on any atom is 0.255 e. The highest BCUT2D eigenvalue weighted by atomic mass is 35.5. The Morgan fingerprint density at radius 1 is 1.50 bits per heavy atom. The summed E-state index contributed by atoms with van der Waals surface area (Å²) in [7, 11) is 0. The molecule has 0 saturated heterocycles. The highest BCUT2D eigenvalue weighted by Gasteiger charge is 2.15. The van der Waals surface area contributed by atoms with E-state index in [-0.39, 0.29) is 12.5 Å². The average Bonchev–Trinajstić information content (AvgIpc) is 2.25. The van der Waals surface area contributed by atoms with Crippen LogP contribution in [0.3, 0.4) is 0 Å². The minimum absolute atomic E-state index is 0.0992. The molecule has 86 valence electrons. The van der Waals surface area contributed by atoms with E-state index >= 15 is 0 Å². The van der Waals surface area contributed by atoms with Gasteiger partial charge >= 0.3 is 0 Å². The number of primary amides is 1. The van der Waals surface area contributed by atoms with E-state index in [2.05, 4.69) is 4.98 Å². The highest BCUT2D eigenvalue weighted by Crippen LogP contribution is 2.07. The maximum absolute atomic E-state index is 11.9. The Morgan fingerprint density at radius 2 is 2.19 bits per heavy atom. The molecule has 0 aromatic carbocycles. The minimum Gasteiger partial charge on any atom is -0.368 e. The number of likely N-dealkylation sites (N-methyl/N-ethyl adjacent to an activating group) is 1. The van der Waals surface area contributed by atoms with Crippen molar-refractivity contribution in [2.75, 3.05) is 13.1 Å². The van der Waals surface area contributed by atoms with Gasteiger partial charge in [-0.1, -0.05) is 11.6 Å². The second kappa shape index (κ2) is 5.46. The van der Waals surface area contributed by atoms with Gasteiger partial charge in [0, 0.05) is 12.7 Å². The van der Waals surface area contributed by atoms with Crippen LogP contribution in [0.2, 0.25) is 5.15 Å². The molecule has 0 radical (unpaired) electrons. The van der Waals surface area contributed by atoms with Gasteiger partial charge in [0.15, 0.2) is 0 Å². The summed E-state index contributed by atoms with van der Waals surface area (Å²) in [4.78, 5) is 27.7. The van der Waals surface area contributed by atoms with Crippen molar-refractivity contribution >= 4 is 23.4 Å². The second-order valence-electron chi connectivity index (χ2n) is 3.16. The first kappa shape index (κ1) is 12.4. The normalized spacial score (nSPS) is 9.88. The van der Waals surface area contributed by atoms with Crippen LogP contribution in [0, 0.1) is 0 Å². The van der Waals surface area contributed by atoms with Gasteiger partial charge in [0.05, 0.1) is 12.1 Å². The van der Waals surface area contributed by atoms with Gasteiger partial charge in [-0.15, -0.1) is 0 Å². The zero-order valence-electron chi connectivity index (χ0n) is 8.81. The number of pyridine rings is 1. The lowest BCUT2D eigenvalue weighted by Gasteiger charge is -2.18. The minimum atomic E-state index is -0.544. The van der Waals surface area contributed by atoms with Crippen molar-refractivity contribution in [3.8, 4) is 0 Å². The smallest absolute Gasteiger partial charge is 0.255 e. The van der Waals surface area contributed by atoms with Crippen molar-refractivity contribution in [2.24, 2.45) is 5.73 Å². The summed E-state index contributed by atoms with van der Waals surface area (Å²) < 4.78 is 0. The van der Waals surface area contributed by atoms with E-state index in [0.717, 1.165) is 0 Å². The van der Waals surface area contributed by atoms with E-state index in [1.807, 2.05) is 0 Å². The molecular weight excluding hydrogens is 230 g/mol. The Hall–Kier alpha value is -1.62. The zero-order chi connectivity index (χ0) is 12.1. The molecule has 16 heavy (non-hydrogen) atoms. The Kier molecular flexibility index (Phi) is 4.25. The third-order valence-electron chi connectivity index (χ3n) is 1.99. The molecule has 1 heterocycles. The number of nitrogens with zero attached hydrogens (tertiary/aromatic N) is 2. The van der Waals surface area contributed by atoms with Gasteiger partial charge in [0.2, 0.25) is 5.91 Å². The molecule has 1 aromatic heterocycles. The number of halogens is 1. The summed E-state index contributed by atoms with van der Waals surface area (Å²) in [5.74, 6) is -0.831. The molecule has 2 amide bonds. The van der Waals surface area contributed by atoms with Gasteiger partial charge in [-0.25, -0.2) is 4.98 Å². The number of carbonyl (C=O) groups is 2. The monoisotopic (exact) mass is 241 g/mol. The van der Waals surface area contributed by atoms with Crippen molar-refractivity contribution in [3.05, 3.63) is 29.0 Å². The van der Waals surface area contributed by atoms with Gasteiger partial charge in [-0.05, 0) is 19.1 Å². The van der Waals surface area contributed by atoms with Crippen LogP contribution in [-0.4, -0.2) is 34.8 Å². The molecule has 0 saturated carbocycles. The van der Waals surface area contributed by atoms with Crippen LogP contribution in [-0.2, 0) is 4.79 Å². The van der Waals surface area contributed by atoms with Gasteiger partial charge in [0.25, 0.3) is 5.91 Å². The summed E-state index contributed by atoms with van der Waals surface area (Å²) in [5, 5.41) is 0.314. The Bertz CT molecular complexity index is 392. The third-order valence-corrected chi connectivity index (χ3v) is 2.21.